The van der Waals surface area contributed by atoms with Crippen molar-refractivity contribution in [2.45, 2.75) is 19.8 Å². The van der Waals surface area contributed by atoms with E-state index in [2.05, 4.69) is 0 Å². The Morgan fingerprint density at radius 2 is 1.82 bits per heavy atom. The van der Waals surface area contributed by atoms with Gasteiger partial charge in [-0.05, 0) is 18.6 Å². The summed E-state index contributed by atoms with van der Waals surface area (Å²) in [5, 5.41) is 8.83. The molecule has 0 radical (unpaired) electrons. The van der Waals surface area contributed by atoms with Crippen molar-refractivity contribution in [1.82, 2.24) is 0 Å². The summed E-state index contributed by atoms with van der Waals surface area (Å²) in [4.78, 5) is 0. The molecule has 0 amide bonds. The number of benzene rings is 1. The van der Waals surface area contributed by atoms with Crippen LogP contribution in [0.15, 0.2) is 17.7 Å². The summed E-state index contributed by atoms with van der Waals surface area (Å²) in [7, 11) is 0. The summed E-state index contributed by atoms with van der Waals surface area (Å²) >= 11 is 0. The molecule has 90 valence electrons. The topological polar surface area (TPSA) is 49.8 Å². The number of rotatable bonds is 3. The molecule has 0 saturated heterocycles. The van der Waals surface area contributed by atoms with Gasteiger partial charge in [-0.25, -0.2) is 13.2 Å². The van der Waals surface area contributed by atoms with Crippen molar-refractivity contribution in [2.24, 2.45) is 5.73 Å². The van der Waals surface area contributed by atoms with E-state index in [9.17, 15) is 13.2 Å². The number of halogens is 3. The van der Waals surface area contributed by atoms with Crippen LogP contribution in [0.5, 0.6) is 0 Å². The normalized spacial score (nSPS) is 11.9. The fourth-order valence-electron chi connectivity index (χ4n) is 1.39. The van der Waals surface area contributed by atoms with Crippen molar-refractivity contribution >= 4 is 5.70 Å². The van der Waals surface area contributed by atoms with E-state index in [0.717, 1.165) is 12.1 Å². The predicted octanol–water partition coefficient (Wildman–Crippen LogP) is 3.10. The molecule has 0 atom stereocenters. The maximum atomic E-state index is 13.0. The molecule has 0 bridgehead atoms. The van der Waals surface area contributed by atoms with Gasteiger partial charge >= 0.3 is 0 Å². The quantitative estimate of drug-likeness (QED) is 0.652. The zero-order valence-corrected chi connectivity index (χ0v) is 9.23. The minimum Gasteiger partial charge on any atom is -0.397 e. The first-order valence-corrected chi connectivity index (χ1v) is 5.04. The van der Waals surface area contributed by atoms with Crippen LogP contribution in [-0.2, 0) is 0 Å². The lowest BCUT2D eigenvalue weighted by Gasteiger charge is -2.06. The van der Waals surface area contributed by atoms with Gasteiger partial charge in [0.2, 0.25) is 0 Å². The highest BCUT2D eigenvalue weighted by Crippen LogP contribution is 2.21. The predicted molar refractivity (Wildman–Crippen MR) is 57.9 cm³/mol. The Labute approximate surface area is 97.2 Å². The zero-order chi connectivity index (χ0) is 13.0. The van der Waals surface area contributed by atoms with Crippen molar-refractivity contribution in [1.29, 1.82) is 5.26 Å². The van der Waals surface area contributed by atoms with Crippen LogP contribution in [0, 0.1) is 28.8 Å². The monoisotopic (exact) mass is 240 g/mol. The lowest BCUT2D eigenvalue weighted by Crippen LogP contribution is -2.04. The number of nitriles is 1. The van der Waals surface area contributed by atoms with Gasteiger partial charge in [-0.1, -0.05) is 13.3 Å². The average Bonchev–Trinajstić information content (AvgIpc) is 2.31. The highest BCUT2D eigenvalue weighted by atomic mass is 19.2. The Bertz CT molecular complexity index is 478. The van der Waals surface area contributed by atoms with Crippen LogP contribution in [0.25, 0.3) is 5.70 Å². The second kappa shape index (κ2) is 5.39. The van der Waals surface area contributed by atoms with Crippen molar-refractivity contribution in [2.75, 3.05) is 0 Å². The lowest BCUT2D eigenvalue weighted by atomic mass is 10.0. The standard InChI is InChI=1S/C12H11F3N2/c1-2-3-7(6-16)12(17)8-4-9(13)11(15)10(14)5-8/h4-5H,2-3,17H2,1H3/b12-7-. The molecule has 0 fully saturated rings. The number of hydrogen-bond donors (Lipinski definition) is 1. The Balaban J connectivity index is 3.30. The van der Waals surface area contributed by atoms with E-state index in [0.29, 0.717) is 12.8 Å². The molecule has 0 aliphatic carbocycles. The summed E-state index contributed by atoms with van der Waals surface area (Å²) in [6.07, 6.45) is 1.08. The van der Waals surface area contributed by atoms with E-state index in [1.165, 1.54) is 0 Å². The third-order valence-corrected chi connectivity index (χ3v) is 2.25. The third kappa shape index (κ3) is 2.78. The molecule has 1 aromatic rings. The third-order valence-electron chi connectivity index (χ3n) is 2.25. The number of nitrogens with zero attached hydrogens (tertiary/aromatic N) is 1. The van der Waals surface area contributed by atoms with E-state index in [1.54, 1.807) is 0 Å². The van der Waals surface area contributed by atoms with Gasteiger partial charge < -0.3 is 5.73 Å². The molecule has 0 aromatic heterocycles. The maximum absolute atomic E-state index is 13.0. The van der Waals surface area contributed by atoms with Gasteiger partial charge in [-0.2, -0.15) is 5.26 Å². The Morgan fingerprint density at radius 1 is 1.29 bits per heavy atom. The van der Waals surface area contributed by atoms with Gasteiger partial charge in [0.15, 0.2) is 17.5 Å². The van der Waals surface area contributed by atoms with Crippen molar-refractivity contribution in [3.63, 3.8) is 0 Å². The Kier molecular flexibility index (Phi) is 4.16. The molecule has 5 heteroatoms. The molecule has 17 heavy (non-hydrogen) atoms. The smallest absolute Gasteiger partial charge is 0.194 e. The molecule has 2 nitrogen and oxygen atoms in total. The summed E-state index contributed by atoms with van der Waals surface area (Å²) in [5.74, 6) is -4.19. The van der Waals surface area contributed by atoms with Gasteiger partial charge in [0.25, 0.3) is 0 Å². The van der Waals surface area contributed by atoms with E-state index in [-0.39, 0.29) is 16.8 Å². The summed E-state index contributed by atoms with van der Waals surface area (Å²) in [5.41, 5.74) is 5.82. The van der Waals surface area contributed by atoms with E-state index >= 15 is 0 Å². The minimum atomic E-state index is -1.55. The molecule has 0 aliphatic rings. The van der Waals surface area contributed by atoms with Gasteiger partial charge in [0.1, 0.15) is 0 Å². The first-order valence-electron chi connectivity index (χ1n) is 5.04. The van der Waals surface area contributed by atoms with Crippen molar-refractivity contribution < 1.29 is 13.2 Å². The van der Waals surface area contributed by atoms with Crippen LogP contribution in [0.4, 0.5) is 13.2 Å². The van der Waals surface area contributed by atoms with Crippen LogP contribution in [-0.4, -0.2) is 0 Å². The van der Waals surface area contributed by atoms with Gasteiger partial charge in [0, 0.05) is 5.56 Å². The molecular weight excluding hydrogens is 229 g/mol. The summed E-state index contributed by atoms with van der Waals surface area (Å²) < 4.78 is 38.7. The molecule has 0 unspecified atom stereocenters. The van der Waals surface area contributed by atoms with Crippen LogP contribution in [0.3, 0.4) is 0 Å². The van der Waals surface area contributed by atoms with Crippen molar-refractivity contribution in [3.05, 3.63) is 40.7 Å². The van der Waals surface area contributed by atoms with Gasteiger partial charge in [-0.15, -0.1) is 0 Å². The molecule has 2 N–H and O–H groups in total. The van der Waals surface area contributed by atoms with Crippen LogP contribution >= 0.6 is 0 Å². The molecule has 0 spiro atoms. The zero-order valence-electron chi connectivity index (χ0n) is 9.23. The van der Waals surface area contributed by atoms with E-state index < -0.39 is 17.5 Å². The first kappa shape index (κ1) is 13.1. The first-order chi connectivity index (χ1) is 8.01. The fourth-order valence-corrected chi connectivity index (χ4v) is 1.39. The lowest BCUT2D eigenvalue weighted by molar-refractivity contribution is 0.446. The number of hydrogen-bond acceptors (Lipinski definition) is 2. The van der Waals surface area contributed by atoms with Crippen LogP contribution in [0.1, 0.15) is 25.3 Å². The fraction of sp³-hybridized carbons (Fsp3) is 0.250. The average molecular weight is 240 g/mol. The molecular formula is C12H11F3N2. The molecule has 0 aliphatic heterocycles. The molecule has 0 saturated carbocycles. The van der Waals surface area contributed by atoms with E-state index in [1.807, 2.05) is 13.0 Å². The minimum absolute atomic E-state index is 0.0212. The SMILES string of the molecule is CCC/C(C#N)=C(/N)c1cc(F)c(F)c(F)c1. The highest BCUT2D eigenvalue weighted by molar-refractivity contribution is 5.69. The molecule has 0 heterocycles. The van der Waals surface area contributed by atoms with Gasteiger partial charge in [0.05, 0.1) is 17.3 Å². The van der Waals surface area contributed by atoms with Gasteiger partial charge in [-0.3, -0.25) is 0 Å². The molecule has 1 aromatic carbocycles. The van der Waals surface area contributed by atoms with Crippen molar-refractivity contribution in [3.8, 4) is 6.07 Å². The Hall–Kier alpha value is -1.96. The second-order valence-corrected chi connectivity index (χ2v) is 3.51. The summed E-state index contributed by atoms with van der Waals surface area (Å²) in [6.45, 7) is 1.84. The highest BCUT2D eigenvalue weighted by Gasteiger charge is 2.13. The van der Waals surface area contributed by atoms with Crippen LogP contribution < -0.4 is 5.73 Å². The molecule has 1 rings (SSSR count). The maximum Gasteiger partial charge on any atom is 0.194 e. The number of allylic oxidation sites excluding steroid dienone is 1. The largest absolute Gasteiger partial charge is 0.397 e. The Morgan fingerprint density at radius 3 is 2.24 bits per heavy atom. The summed E-state index contributed by atoms with van der Waals surface area (Å²) in [6, 6.07) is 3.43. The van der Waals surface area contributed by atoms with E-state index in [4.69, 9.17) is 11.0 Å². The van der Waals surface area contributed by atoms with Crippen LogP contribution in [0.2, 0.25) is 0 Å². The number of nitrogens with two attached hydrogens (primary N) is 1. The second-order valence-electron chi connectivity index (χ2n) is 3.51.